The number of thioether (sulfide) groups is 1. The molecule has 3 aromatic carbocycles. The summed E-state index contributed by atoms with van der Waals surface area (Å²) in [5.41, 5.74) is 2.48. The number of sulfonamides is 1. The fourth-order valence-electron chi connectivity index (χ4n) is 5.47. The van der Waals surface area contributed by atoms with Gasteiger partial charge in [-0.1, -0.05) is 35.6 Å². The zero-order valence-corrected chi connectivity index (χ0v) is 28.3. The number of benzene rings is 3. The minimum Gasteiger partial charge on any atom is -0.497 e. The number of ether oxygens (including phenoxy) is 2. The number of nitrogens with zero attached hydrogens (tertiary/aromatic N) is 4. The summed E-state index contributed by atoms with van der Waals surface area (Å²) in [4.78, 5) is 14.9. The molecule has 2 unspecified atom stereocenters. The van der Waals surface area contributed by atoms with E-state index in [0.29, 0.717) is 17.4 Å². The van der Waals surface area contributed by atoms with Crippen LogP contribution in [0.4, 0.5) is 11.1 Å². The van der Waals surface area contributed by atoms with Gasteiger partial charge in [-0.05, 0) is 79.1 Å². The first-order valence-corrected chi connectivity index (χ1v) is 18.4. The second-order valence-corrected chi connectivity index (χ2v) is 14.9. The van der Waals surface area contributed by atoms with E-state index in [4.69, 9.17) is 14.5 Å². The third-order valence-electron chi connectivity index (χ3n) is 7.99. The van der Waals surface area contributed by atoms with E-state index in [2.05, 4.69) is 20.6 Å². The normalized spacial score (nSPS) is 16.5. The average molecular weight is 677 g/mol. The lowest BCUT2D eigenvalue weighted by Crippen LogP contribution is -2.30. The Bertz CT molecular complexity index is 1820. The summed E-state index contributed by atoms with van der Waals surface area (Å²) in [7, 11) is -0.653. The molecule has 2 aromatic heterocycles. The van der Waals surface area contributed by atoms with Crippen LogP contribution in [0.3, 0.4) is 0 Å². The smallest absolute Gasteiger partial charge is 0.243 e. The van der Waals surface area contributed by atoms with Gasteiger partial charge in [0, 0.05) is 42.5 Å². The van der Waals surface area contributed by atoms with E-state index in [0.717, 1.165) is 50.6 Å². The second-order valence-electron chi connectivity index (χ2n) is 11.1. The van der Waals surface area contributed by atoms with Crippen LogP contribution in [0, 0.1) is 0 Å². The Morgan fingerprint density at radius 3 is 2.02 bits per heavy atom. The van der Waals surface area contributed by atoms with Crippen LogP contribution in [-0.4, -0.2) is 60.2 Å². The minimum absolute atomic E-state index is 0.204. The highest BCUT2D eigenvalue weighted by molar-refractivity contribution is 7.98. The van der Waals surface area contributed by atoms with Crippen molar-refractivity contribution in [3.63, 3.8) is 0 Å². The third kappa shape index (κ3) is 7.55. The Labute approximate surface area is 277 Å². The maximum Gasteiger partial charge on any atom is 0.243 e. The van der Waals surface area contributed by atoms with Gasteiger partial charge in [0.1, 0.15) is 11.5 Å². The van der Waals surface area contributed by atoms with E-state index >= 15 is 0 Å². The predicted octanol–water partition coefficient (Wildman–Crippen LogP) is 6.66. The van der Waals surface area contributed by atoms with Gasteiger partial charge in [-0.15, -0.1) is 11.8 Å². The number of fused-ring (bicyclic) bond motifs is 1. The second kappa shape index (κ2) is 14.2. The van der Waals surface area contributed by atoms with E-state index in [-0.39, 0.29) is 30.1 Å². The van der Waals surface area contributed by atoms with Crippen molar-refractivity contribution in [2.45, 2.75) is 54.2 Å². The molecule has 46 heavy (non-hydrogen) atoms. The molecule has 0 saturated heterocycles. The zero-order valence-electron chi connectivity index (χ0n) is 25.8. The Balaban J connectivity index is 1.18. The van der Waals surface area contributed by atoms with Crippen LogP contribution in [0.2, 0.25) is 0 Å². The van der Waals surface area contributed by atoms with Gasteiger partial charge in [0.05, 0.1) is 29.3 Å². The molecule has 1 aliphatic rings. The first-order chi connectivity index (χ1) is 22.3. The predicted molar refractivity (Wildman–Crippen MR) is 185 cm³/mol. The van der Waals surface area contributed by atoms with Gasteiger partial charge in [-0.2, -0.15) is 4.31 Å². The van der Waals surface area contributed by atoms with Crippen LogP contribution >= 0.6 is 23.1 Å². The topological polar surface area (TPSA) is 119 Å². The Morgan fingerprint density at radius 1 is 0.870 bits per heavy atom. The molecule has 0 aliphatic heterocycles. The summed E-state index contributed by atoms with van der Waals surface area (Å²) < 4.78 is 41.2. The number of methoxy groups -OCH3 is 2. The van der Waals surface area contributed by atoms with Gasteiger partial charge in [-0.25, -0.2) is 23.4 Å². The lowest BCUT2D eigenvalue weighted by atomic mass is 10.2. The maximum absolute atomic E-state index is 14.2. The molecular formula is C33H36N6O4S3. The van der Waals surface area contributed by atoms with Crippen LogP contribution < -0.4 is 20.1 Å². The fourth-order valence-corrected chi connectivity index (χ4v) is 8.28. The van der Waals surface area contributed by atoms with Crippen molar-refractivity contribution in [2.24, 2.45) is 0 Å². The van der Waals surface area contributed by atoms with Gasteiger partial charge >= 0.3 is 0 Å². The molecule has 1 aliphatic carbocycles. The number of hydrogen-bond donors (Lipinski definition) is 2. The molecule has 2 atom stereocenters. The van der Waals surface area contributed by atoms with E-state index in [1.807, 2.05) is 67.2 Å². The van der Waals surface area contributed by atoms with Crippen LogP contribution in [0.15, 0.2) is 88.9 Å². The molecule has 1 fully saturated rings. The van der Waals surface area contributed by atoms with Crippen LogP contribution in [0.1, 0.15) is 30.4 Å². The SMILES string of the molecule is COc1ccc(CN(Cc2ccc(OC)cc2)S(=O)(=O)c2ccc3nc(NC4CCC(Nc5ncc(SC)cn5)C4)sc3c2)cc1. The maximum atomic E-state index is 14.2. The summed E-state index contributed by atoms with van der Waals surface area (Å²) in [5.74, 6) is 2.07. The Morgan fingerprint density at radius 2 is 1.46 bits per heavy atom. The molecule has 1 saturated carbocycles. The van der Waals surface area contributed by atoms with Crippen LogP contribution in [0.5, 0.6) is 11.5 Å². The lowest BCUT2D eigenvalue weighted by molar-refractivity contribution is 0.397. The van der Waals surface area contributed by atoms with Gasteiger partial charge in [0.25, 0.3) is 0 Å². The number of aromatic nitrogens is 3. The highest BCUT2D eigenvalue weighted by Gasteiger charge is 2.28. The molecular weight excluding hydrogens is 641 g/mol. The van der Waals surface area contributed by atoms with Gasteiger partial charge in [0.2, 0.25) is 16.0 Å². The van der Waals surface area contributed by atoms with Gasteiger partial charge in [0.15, 0.2) is 5.13 Å². The molecule has 0 spiro atoms. The van der Waals surface area contributed by atoms with Crippen molar-refractivity contribution in [1.82, 2.24) is 19.3 Å². The lowest BCUT2D eigenvalue weighted by Gasteiger charge is -2.23. The number of nitrogens with one attached hydrogen (secondary N) is 2. The molecule has 13 heteroatoms. The number of hydrogen-bond acceptors (Lipinski definition) is 11. The van der Waals surface area contributed by atoms with Crippen molar-refractivity contribution in [3.05, 3.63) is 90.3 Å². The third-order valence-corrected chi connectivity index (χ3v) is 11.4. The fraction of sp³-hybridized carbons (Fsp3) is 0.303. The van der Waals surface area contributed by atoms with Gasteiger partial charge in [-0.3, -0.25) is 0 Å². The number of anilines is 2. The van der Waals surface area contributed by atoms with Crippen LogP contribution in [-0.2, 0) is 23.1 Å². The first kappa shape index (κ1) is 32.0. The summed E-state index contributed by atoms with van der Waals surface area (Å²) in [5, 5.41) is 7.80. The Kier molecular flexibility index (Phi) is 9.92. The zero-order chi connectivity index (χ0) is 32.1. The molecule has 0 amide bonds. The summed E-state index contributed by atoms with van der Waals surface area (Å²) >= 11 is 3.09. The van der Waals surface area contributed by atoms with Crippen molar-refractivity contribution < 1.29 is 17.9 Å². The molecule has 0 radical (unpaired) electrons. The van der Waals surface area contributed by atoms with Gasteiger partial charge < -0.3 is 20.1 Å². The standard InChI is InChI=1S/C33H36N6O4S3/c1-42-26-10-4-22(5-11-26)20-39(21-23-6-12-27(43-2)13-7-23)46(40,41)29-14-15-30-31(17-29)45-33(38-30)37-25-9-8-24(16-25)36-32-34-18-28(44-3)19-35-32/h4-7,10-15,17-19,24-25H,8-9,16,20-21H2,1-3H3,(H,37,38)(H,34,35,36). The molecule has 10 nitrogen and oxygen atoms in total. The van der Waals surface area contributed by atoms with Crippen molar-refractivity contribution in [1.29, 1.82) is 0 Å². The average Bonchev–Trinajstić information content (AvgIpc) is 3.70. The Hall–Kier alpha value is -3.91. The highest BCUT2D eigenvalue weighted by atomic mass is 32.2. The largest absolute Gasteiger partial charge is 0.497 e. The minimum atomic E-state index is -3.87. The van der Waals surface area contributed by atoms with E-state index in [9.17, 15) is 8.42 Å². The number of thiazole rings is 1. The van der Waals surface area contributed by atoms with Crippen LogP contribution in [0.25, 0.3) is 10.2 Å². The van der Waals surface area contributed by atoms with E-state index < -0.39 is 10.0 Å². The quantitative estimate of drug-likeness (QED) is 0.131. The van der Waals surface area contributed by atoms with E-state index in [1.54, 1.807) is 44.2 Å². The summed E-state index contributed by atoms with van der Waals surface area (Å²) in [6.45, 7) is 0.408. The first-order valence-electron chi connectivity index (χ1n) is 14.9. The molecule has 2 heterocycles. The van der Waals surface area contributed by atoms with Crippen molar-refractivity contribution in [2.75, 3.05) is 31.1 Å². The monoisotopic (exact) mass is 676 g/mol. The van der Waals surface area contributed by atoms with E-state index in [1.165, 1.54) is 15.6 Å². The van der Waals surface area contributed by atoms with Crippen molar-refractivity contribution in [3.8, 4) is 11.5 Å². The van der Waals surface area contributed by atoms with Crippen molar-refractivity contribution >= 4 is 54.4 Å². The highest BCUT2D eigenvalue weighted by Crippen LogP contribution is 2.33. The molecule has 5 aromatic rings. The molecule has 6 rings (SSSR count). The summed E-state index contributed by atoms with van der Waals surface area (Å²) in [6, 6.07) is 20.6. The summed E-state index contributed by atoms with van der Waals surface area (Å²) in [6.07, 6.45) is 8.56. The molecule has 2 N–H and O–H groups in total. The molecule has 240 valence electrons. The molecule has 0 bridgehead atoms. The number of rotatable bonds is 13.